The van der Waals surface area contributed by atoms with Crippen molar-refractivity contribution in [3.63, 3.8) is 0 Å². The molecule has 0 unspecified atom stereocenters. The van der Waals surface area contributed by atoms with Crippen LogP contribution < -0.4 is 11.1 Å². The number of nitrogens with two attached hydrogens (primary N) is 1. The molecular formula is C11H19N3O5. The summed E-state index contributed by atoms with van der Waals surface area (Å²) in [6, 6.07) is -1.79. The van der Waals surface area contributed by atoms with Crippen molar-refractivity contribution in [3.05, 3.63) is 0 Å². The second-order valence-electron chi connectivity index (χ2n) is 4.57. The topological polar surface area (TPSA) is 133 Å². The predicted molar refractivity (Wildman–Crippen MR) is 65.0 cm³/mol. The van der Waals surface area contributed by atoms with E-state index in [1.165, 1.54) is 11.8 Å². The van der Waals surface area contributed by atoms with Gasteiger partial charge in [0.05, 0.1) is 6.10 Å². The van der Waals surface area contributed by atoms with Gasteiger partial charge in [-0.05, 0) is 19.8 Å². The molecule has 0 saturated carbocycles. The highest BCUT2D eigenvalue weighted by atomic mass is 16.4. The van der Waals surface area contributed by atoms with Gasteiger partial charge >= 0.3 is 5.97 Å². The summed E-state index contributed by atoms with van der Waals surface area (Å²) in [6.07, 6.45) is 0.100. The van der Waals surface area contributed by atoms with Crippen molar-refractivity contribution >= 4 is 17.8 Å². The minimum atomic E-state index is -1.15. The van der Waals surface area contributed by atoms with Crippen LogP contribution in [0.4, 0.5) is 0 Å². The first-order valence-corrected chi connectivity index (χ1v) is 6.08. The van der Waals surface area contributed by atoms with Crippen molar-refractivity contribution in [2.75, 3.05) is 13.1 Å². The normalized spacial score (nSPS) is 21.8. The molecule has 0 bridgehead atoms. The van der Waals surface area contributed by atoms with Gasteiger partial charge in [0.1, 0.15) is 18.6 Å². The maximum Gasteiger partial charge on any atom is 0.322 e. The van der Waals surface area contributed by atoms with Crippen molar-refractivity contribution in [1.82, 2.24) is 10.2 Å². The van der Waals surface area contributed by atoms with E-state index < -0.39 is 42.5 Å². The molecule has 5 N–H and O–H groups in total. The van der Waals surface area contributed by atoms with Crippen molar-refractivity contribution in [1.29, 1.82) is 0 Å². The Kier molecular flexibility index (Phi) is 5.25. The summed E-state index contributed by atoms with van der Waals surface area (Å²) in [5.41, 5.74) is 5.56. The molecule has 0 aromatic carbocycles. The summed E-state index contributed by atoms with van der Waals surface area (Å²) >= 11 is 0. The van der Waals surface area contributed by atoms with Gasteiger partial charge < -0.3 is 26.2 Å². The Labute approximate surface area is 110 Å². The Morgan fingerprint density at radius 3 is 2.63 bits per heavy atom. The molecule has 1 heterocycles. The SMILES string of the molecule is C[C@@H](O)[C@H](N)C(=O)N1CCC[C@H]1C(=O)NCC(=O)O. The number of carbonyl (C=O) groups is 3. The molecule has 8 heteroatoms. The number of carboxylic acids is 1. The van der Waals surface area contributed by atoms with Crippen LogP contribution in [0, 0.1) is 0 Å². The summed E-state index contributed by atoms with van der Waals surface area (Å²) in [4.78, 5) is 35.5. The number of carbonyl (C=O) groups excluding carboxylic acids is 2. The molecule has 3 atom stereocenters. The highest BCUT2D eigenvalue weighted by molar-refractivity contribution is 5.91. The Morgan fingerprint density at radius 1 is 1.47 bits per heavy atom. The van der Waals surface area contributed by atoms with Crippen LogP contribution in [-0.2, 0) is 14.4 Å². The van der Waals surface area contributed by atoms with Gasteiger partial charge in [-0.25, -0.2) is 0 Å². The first-order valence-electron chi connectivity index (χ1n) is 6.08. The van der Waals surface area contributed by atoms with Gasteiger partial charge in [-0.15, -0.1) is 0 Å². The quantitative estimate of drug-likeness (QED) is 0.453. The van der Waals surface area contributed by atoms with Crippen LogP contribution in [-0.4, -0.2) is 64.2 Å². The minimum Gasteiger partial charge on any atom is -0.480 e. The van der Waals surface area contributed by atoms with E-state index in [0.717, 1.165) is 0 Å². The molecule has 0 spiro atoms. The maximum atomic E-state index is 12.0. The van der Waals surface area contributed by atoms with Crippen LogP contribution in [0.5, 0.6) is 0 Å². The lowest BCUT2D eigenvalue weighted by Gasteiger charge is -2.27. The van der Waals surface area contributed by atoms with E-state index in [0.29, 0.717) is 19.4 Å². The van der Waals surface area contributed by atoms with Crippen LogP contribution in [0.25, 0.3) is 0 Å². The molecule has 0 aliphatic carbocycles. The molecule has 1 fully saturated rings. The molecule has 0 radical (unpaired) electrons. The number of rotatable bonds is 5. The van der Waals surface area contributed by atoms with Gasteiger partial charge in [0, 0.05) is 6.54 Å². The van der Waals surface area contributed by atoms with Gasteiger partial charge in [0.15, 0.2) is 0 Å². The molecule has 0 aromatic heterocycles. The monoisotopic (exact) mass is 273 g/mol. The third-order valence-corrected chi connectivity index (χ3v) is 3.06. The molecule has 1 rings (SSSR count). The van der Waals surface area contributed by atoms with Crippen molar-refractivity contribution in [2.45, 2.75) is 38.0 Å². The van der Waals surface area contributed by atoms with E-state index in [4.69, 9.17) is 10.8 Å². The lowest BCUT2D eigenvalue weighted by molar-refractivity contribution is -0.142. The number of nitrogens with zero attached hydrogens (tertiary/aromatic N) is 1. The molecule has 108 valence electrons. The largest absolute Gasteiger partial charge is 0.480 e. The molecule has 1 aliphatic heterocycles. The van der Waals surface area contributed by atoms with Crippen LogP contribution in [0.2, 0.25) is 0 Å². The summed E-state index contributed by atoms with van der Waals surface area (Å²) in [5, 5.41) is 20.0. The summed E-state index contributed by atoms with van der Waals surface area (Å²) < 4.78 is 0. The van der Waals surface area contributed by atoms with Crippen LogP contribution in [0.15, 0.2) is 0 Å². The average molecular weight is 273 g/mol. The van der Waals surface area contributed by atoms with E-state index >= 15 is 0 Å². The lowest BCUT2D eigenvalue weighted by atomic mass is 10.1. The number of aliphatic hydroxyl groups excluding tert-OH is 1. The van der Waals surface area contributed by atoms with Crippen molar-refractivity contribution in [3.8, 4) is 0 Å². The molecule has 1 saturated heterocycles. The fraction of sp³-hybridized carbons (Fsp3) is 0.727. The lowest BCUT2D eigenvalue weighted by Crippen LogP contribution is -2.54. The van der Waals surface area contributed by atoms with Gasteiger partial charge in [-0.1, -0.05) is 0 Å². The first-order chi connectivity index (χ1) is 8.84. The van der Waals surface area contributed by atoms with E-state index in [9.17, 15) is 19.5 Å². The third kappa shape index (κ3) is 3.90. The molecule has 1 aliphatic rings. The van der Waals surface area contributed by atoms with Crippen LogP contribution >= 0.6 is 0 Å². The van der Waals surface area contributed by atoms with E-state index in [1.807, 2.05) is 0 Å². The molecule has 8 nitrogen and oxygen atoms in total. The number of carboxylic acid groups (broad SMARTS) is 1. The van der Waals surface area contributed by atoms with Gasteiger partial charge in [0.2, 0.25) is 11.8 Å². The number of nitrogens with one attached hydrogen (secondary N) is 1. The van der Waals surface area contributed by atoms with Gasteiger partial charge in [-0.3, -0.25) is 14.4 Å². The van der Waals surface area contributed by atoms with Gasteiger partial charge in [-0.2, -0.15) is 0 Å². The molecule has 2 amide bonds. The summed E-state index contributed by atoms with van der Waals surface area (Å²) in [7, 11) is 0. The zero-order valence-corrected chi connectivity index (χ0v) is 10.7. The smallest absolute Gasteiger partial charge is 0.322 e. The standard InChI is InChI=1S/C11H19N3O5/c1-6(15)9(12)11(19)14-4-2-3-7(14)10(18)13-5-8(16)17/h6-7,9,15H,2-5,12H2,1H3,(H,13,18)(H,16,17)/t6-,7+,9+/m1/s1. The van der Waals surface area contributed by atoms with Crippen LogP contribution in [0.1, 0.15) is 19.8 Å². The predicted octanol–water partition coefficient (Wildman–Crippen LogP) is -2.11. The minimum absolute atomic E-state index is 0.379. The Bertz CT molecular complexity index is 371. The molecule has 19 heavy (non-hydrogen) atoms. The fourth-order valence-corrected chi connectivity index (χ4v) is 1.98. The highest BCUT2D eigenvalue weighted by Crippen LogP contribution is 2.18. The Morgan fingerprint density at radius 2 is 2.11 bits per heavy atom. The maximum absolute atomic E-state index is 12.0. The summed E-state index contributed by atoms with van der Waals surface area (Å²) in [5.74, 6) is -2.15. The number of aliphatic carboxylic acids is 1. The zero-order valence-electron chi connectivity index (χ0n) is 10.7. The summed E-state index contributed by atoms with van der Waals surface area (Å²) in [6.45, 7) is 1.29. The first kappa shape index (κ1) is 15.4. The van der Waals surface area contributed by atoms with Crippen LogP contribution in [0.3, 0.4) is 0 Å². The number of hydrogen-bond donors (Lipinski definition) is 4. The van der Waals surface area contributed by atoms with E-state index in [1.54, 1.807) is 0 Å². The second-order valence-corrected chi connectivity index (χ2v) is 4.57. The molecule has 0 aromatic rings. The molecular weight excluding hydrogens is 254 g/mol. The van der Waals surface area contributed by atoms with Crippen molar-refractivity contribution < 1.29 is 24.6 Å². The number of hydrogen-bond acceptors (Lipinski definition) is 5. The number of amides is 2. The second kappa shape index (κ2) is 6.48. The number of likely N-dealkylation sites (tertiary alicyclic amines) is 1. The Hall–Kier alpha value is -1.67. The fourth-order valence-electron chi connectivity index (χ4n) is 1.98. The van der Waals surface area contributed by atoms with Gasteiger partial charge in [0.25, 0.3) is 0 Å². The zero-order chi connectivity index (χ0) is 14.6. The van der Waals surface area contributed by atoms with E-state index in [2.05, 4.69) is 5.32 Å². The highest BCUT2D eigenvalue weighted by Gasteiger charge is 2.37. The average Bonchev–Trinajstić information content (AvgIpc) is 2.82. The Balaban J connectivity index is 2.65. The van der Waals surface area contributed by atoms with E-state index in [-0.39, 0.29) is 0 Å². The number of aliphatic hydroxyl groups is 1. The van der Waals surface area contributed by atoms with Crippen molar-refractivity contribution in [2.24, 2.45) is 5.73 Å². The third-order valence-electron chi connectivity index (χ3n) is 3.06.